The summed E-state index contributed by atoms with van der Waals surface area (Å²) in [5.74, 6) is 0.191. The summed E-state index contributed by atoms with van der Waals surface area (Å²) in [5, 5.41) is 4.84. The van der Waals surface area contributed by atoms with Crippen LogP contribution in [0.3, 0.4) is 0 Å². The van der Waals surface area contributed by atoms with E-state index in [0.29, 0.717) is 27.9 Å². The van der Waals surface area contributed by atoms with Gasteiger partial charge in [-0.15, -0.1) is 0 Å². The van der Waals surface area contributed by atoms with E-state index in [0.717, 1.165) is 5.69 Å². The Morgan fingerprint density at radius 2 is 1.67 bits per heavy atom. The van der Waals surface area contributed by atoms with Gasteiger partial charge in [0, 0.05) is 5.56 Å². The van der Waals surface area contributed by atoms with Crippen molar-refractivity contribution in [3.63, 3.8) is 0 Å². The quantitative estimate of drug-likeness (QED) is 0.594. The zero-order valence-electron chi connectivity index (χ0n) is 15.2. The monoisotopic (exact) mass is 386 g/mol. The third-order valence-corrected chi connectivity index (χ3v) is 4.49. The standard InChI is InChI=1S/C20H19ClN2O4/c1-13-15(19(21)23(22-13)14-8-5-4-6-9-14)12-27-20(24)18-16(25-2)10-7-11-17(18)26-3/h4-11H,12H2,1-3H3. The topological polar surface area (TPSA) is 62.6 Å². The Bertz CT molecular complexity index is 932. The molecule has 1 heterocycles. The summed E-state index contributed by atoms with van der Waals surface area (Å²) in [6.45, 7) is 1.80. The predicted molar refractivity (Wildman–Crippen MR) is 102 cm³/mol. The van der Waals surface area contributed by atoms with Crippen LogP contribution in [0, 0.1) is 6.92 Å². The maximum atomic E-state index is 12.6. The van der Waals surface area contributed by atoms with E-state index in [2.05, 4.69) is 5.10 Å². The SMILES string of the molecule is COc1cccc(OC)c1C(=O)OCc1c(C)nn(-c2ccccc2)c1Cl. The maximum absolute atomic E-state index is 12.6. The van der Waals surface area contributed by atoms with Crippen LogP contribution in [0.4, 0.5) is 0 Å². The van der Waals surface area contributed by atoms with Crippen LogP contribution in [0.15, 0.2) is 48.5 Å². The lowest BCUT2D eigenvalue weighted by Crippen LogP contribution is -2.09. The Balaban J connectivity index is 1.84. The first-order valence-corrected chi connectivity index (χ1v) is 8.62. The predicted octanol–water partition coefficient (Wildman–Crippen LogP) is 4.21. The Hall–Kier alpha value is -2.99. The first kappa shape index (κ1) is 18.8. The van der Waals surface area contributed by atoms with Gasteiger partial charge < -0.3 is 14.2 Å². The minimum Gasteiger partial charge on any atom is -0.496 e. The van der Waals surface area contributed by atoms with Crippen molar-refractivity contribution in [3.8, 4) is 17.2 Å². The molecule has 2 aromatic carbocycles. The van der Waals surface area contributed by atoms with E-state index in [1.54, 1.807) is 22.9 Å². The average molecular weight is 387 g/mol. The second kappa shape index (κ2) is 8.14. The van der Waals surface area contributed by atoms with E-state index in [1.807, 2.05) is 37.3 Å². The number of aromatic nitrogens is 2. The summed E-state index contributed by atoms with van der Waals surface area (Å²) in [6.07, 6.45) is 0. The lowest BCUT2D eigenvalue weighted by atomic mass is 10.1. The van der Waals surface area contributed by atoms with Crippen molar-refractivity contribution in [2.24, 2.45) is 0 Å². The van der Waals surface area contributed by atoms with Gasteiger partial charge in [-0.05, 0) is 31.2 Å². The van der Waals surface area contributed by atoms with Gasteiger partial charge in [0.1, 0.15) is 28.8 Å². The molecule has 0 N–H and O–H groups in total. The van der Waals surface area contributed by atoms with Crippen molar-refractivity contribution in [1.82, 2.24) is 9.78 Å². The van der Waals surface area contributed by atoms with E-state index < -0.39 is 5.97 Å². The van der Waals surface area contributed by atoms with Crippen LogP contribution >= 0.6 is 11.6 Å². The number of esters is 1. The van der Waals surface area contributed by atoms with Crippen LogP contribution < -0.4 is 9.47 Å². The molecule has 0 saturated heterocycles. The molecule has 0 radical (unpaired) electrons. The van der Waals surface area contributed by atoms with E-state index in [-0.39, 0.29) is 12.2 Å². The summed E-state index contributed by atoms with van der Waals surface area (Å²) in [5.41, 5.74) is 2.38. The van der Waals surface area contributed by atoms with Crippen molar-refractivity contribution in [1.29, 1.82) is 0 Å². The smallest absolute Gasteiger partial charge is 0.346 e. The van der Waals surface area contributed by atoms with Crippen molar-refractivity contribution >= 4 is 17.6 Å². The van der Waals surface area contributed by atoms with Crippen LogP contribution in [-0.2, 0) is 11.3 Å². The van der Waals surface area contributed by atoms with Crippen molar-refractivity contribution in [2.75, 3.05) is 14.2 Å². The van der Waals surface area contributed by atoms with E-state index in [4.69, 9.17) is 25.8 Å². The second-order valence-electron chi connectivity index (χ2n) is 5.72. The molecule has 0 saturated carbocycles. The average Bonchev–Trinajstić information content (AvgIpc) is 2.99. The number of hydrogen-bond acceptors (Lipinski definition) is 5. The molecular weight excluding hydrogens is 368 g/mol. The molecule has 140 valence electrons. The summed E-state index contributed by atoms with van der Waals surface area (Å²) in [4.78, 5) is 12.6. The number of methoxy groups -OCH3 is 2. The molecule has 3 rings (SSSR count). The molecule has 0 fully saturated rings. The minimum absolute atomic E-state index is 0.0163. The zero-order chi connectivity index (χ0) is 19.4. The molecular formula is C20H19ClN2O4. The fraction of sp³-hybridized carbons (Fsp3) is 0.200. The summed E-state index contributed by atoms with van der Waals surface area (Å²) < 4.78 is 17.6. The van der Waals surface area contributed by atoms with Crippen LogP contribution in [0.2, 0.25) is 5.15 Å². The Kier molecular flexibility index (Phi) is 5.66. The molecule has 0 aliphatic rings. The lowest BCUT2D eigenvalue weighted by Gasteiger charge is -2.12. The van der Waals surface area contributed by atoms with Gasteiger partial charge in [-0.25, -0.2) is 9.48 Å². The van der Waals surface area contributed by atoms with Gasteiger partial charge in [0.25, 0.3) is 0 Å². The van der Waals surface area contributed by atoms with Crippen LogP contribution in [-0.4, -0.2) is 30.0 Å². The summed E-state index contributed by atoms with van der Waals surface area (Å²) in [6, 6.07) is 14.6. The third-order valence-electron chi connectivity index (χ3n) is 4.10. The molecule has 0 atom stereocenters. The van der Waals surface area contributed by atoms with Crippen LogP contribution in [0.25, 0.3) is 5.69 Å². The number of ether oxygens (including phenoxy) is 3. The first-order chi connectivity index (χ1) is 13.1. The highest BCUT2D eigenvalue weighted by atomic mass is 35.5. The zero-order valence-corrected chi connectivity index (χ0v) is 16.0. The fourth-order valence-electron chi connectivity index (χ4n) is 2.70. The van der Waals surface area contributed by atoms with Crippen molar-refractivity contribution < 1.29 is 19.0 Å². The maximum Gasteiger partial charge on any atom is 0.346 e. The third kappa shape index (κ3) is 3.75. The van der Waals surface area contributed by atoms with E-state index >= 15 is 0 Å². The Labute approximate surface area is 162 Å². The number of carbonyl (C=O) groups excluding carboxylic acids is 1. The number of rotatable bonds is 6. The van der Waals surface area contributed by atoms with E-state index in [1.165, 1.54) is 14.2 Å². The van der Waals surface area contributed by atoms with Crippen molar-refractivity contribution in [2.45, 2.75) is 13.5 Å². The van der Waals surface area contributed by atoms with Gasteiger partial charge >= 0.3 is 5.97 Å². The van der Waals surface area contributed by atoms with Gasteiger partial charge in [0.05, 0.1) is 25.6 Å². The highest BCUT2D eigenvalue weighted by molar-refractivity contribution is 6.30. The van der Waals surface area contributed by atoms with Crippen molar-refractivity contribution in [3.05, 3.63) is 70.5 Å². The molecule has 0 bridgehead atoms. The highest BCUT2D eigenvalue weighted by Crippen LogP contribution is 2.30. The van der Waals surface area contributed by atoms with Gasteiger partial charge in [0.15, 0.2) is 0 Å². The number of benzene rings is 2. The van der Waals surface area contributed by atoms with Gasteiger partial charge in [-0.2, -0.15) is 5.10 Å². The number of hydrogen-bond donors (Lipinski definition) is 0. The number of para-hydroxylation sites is 1. The van der Waals surface area contributed by atoms with Crippen LogP contribution in [0.1, 0.15) is 21.6 Å². The van der Waals surface area contributed by atoms with Crippen LogP contribution in [0.5, 0.6) is 11.5 Å². The Morgan fingerprint density at radius 1 is 1.04 bits per heavy atom. The minimum atomic E-state index is -0.563. The molecule has 1 aromatic heterocycles. The summed E-state index contributed by atoms with van der Waals surface area (Å²) in [7, 11) is 2.97. The molecule has 3 aromatic rings. The largest absolute Gasteiger partial charge is 0.496 e. The molecule has 7 heteroatoms. The molecule has 0 aliphatic heterocycles. The van der Waals surface area contributed by atoms with Gasteiger partial charge in [0.2, 0.25) is 0 Å². The molecule has 0 amide bonds. The second-order valence-corrected chi connectivity index (χ2v) is 6.07. The molecule has 0 spiro atoms. The Morgan fingerprint density at radius 3 is 2.26 bits per heavy atom. The highest BCUT2D eigenvalue weighted by Gasteiger charge is 2.22. The summed E-state index contributed by atoms with van der Waals surface area (Å²) >= 11 is 6.47. The fourth-order valence-corrected chi connectivity index (χ4v) is 3.02. The van der Waals surface area contributed by atoms with E-state index in [9.17, 15) is 4.79 Å². The number of carbonyl (C=O) groups is 1. The number of aryl methyl sites for hydroxylation is 1. The van der Waals surface area contributed by atoms with Gasteiger partial charge in [-0.1, -0.05) is 35.9 Å². The van der Waals surface area contributed by atoms with Gasteiger partial charge in [-0.3, -0.25) is 0 Å². The molecule has 27 heavy (non-hydrogen) atoms. The molecule has 6 nitrogen and oxygen atoms in total. The number of nitrogens with zero attached hydrogens (tertiary/aromatic N) is 2. The number of halogens is 1. The first-order valence-electron chi connectivity index (χ1n) is 8.24. The normalized spacial score (nSPS) is 10.5. The molecule has 0 unspecified atom stereocenters. The molecule has 0 aliphatic carbocycles. The lowest BCUT2D eigenvalue weighted by molar-refractivity contribution is 0.0465.